The molecule has 0 heterocycles. The highest BCUT2D eigenvalue weighted by Gasteiger charge is 1.95. The molecule has 0 amide bonds. The zero-order valence-corrected chi connectivity index (χ0v) is 9.75. The first-order chi connectivity index (χ1) is 7.36. The van der Waals surface area contributed by atoms with Gasteiger partial charge in [-0.3, -0.25) is 0 Å². The van der Waals surface area contributed by atoms with Gasteiger partial charge in [-0.05, 0) is 37.1 Å². The van der Waals surface area contributed by atoms with Gasteiger partial charge >= 0.3 is 0 Å². The molecular weight excluding hydrogens is 186 g/mol. The number of hydrogen-bond donors (Lipinski definition) is 1. The molecule has 1 rings (SSSR count). The Kier molecular flexibility index (Phi) is 5.86. The lowest BCUT2D eigenvalue weighted by atomic mass is 10.2. The van der Waals surface area contributed by atoms with Gasteiger partial charge in [-0.2, -0.15) is 0 Å². The Bertz CT molecular complexity index is 273. The molecule has 0 saturated carbocycles. The minimum absolute atomic E-state index is 0.797. The first-order valence-corrected chi connectivity index (χ1v) is 5.79. The Morgan fingerprint density at radius 2 is 2.07 bits per heavy atom. The molecule has 1 aromatic carbocycles. The van der Waals surface area contributed by atoms with Crippen LogP contribution in [0.1, 0.15) is 32.3 Å². The van der Waals surface area contributed by atoms with Gasteiger partial charge in [0.05, 0.1) is 6.61 Å². The number of ether oxygens (including phenoxy) is 1. The van der Waals surface area contributed by atoms with Crippen LogP contribution >= 0.6 is 0 Å². The Hall–Kier alpha value is -1.02. The van der Waals surface area contributed by atoms with Crippen LogP contribution in [-0.2, 0) is 6.54 Å². The summed E-state index contributed by atoms with van der Waals surface area (Å²) in [6.45, 7) is 7.09. The highest BCUT2D eigenvalue weighted by atomic mass is 16.5. The summed E-state index contributed by atoms with van der Waals surface area (Å²) < 4.78 is 5.57. The molecule has 2 nitrogen and oxygen atoms in total. The molecule has 15 heavy (non-hydrogen) atoms. The van der Waals surface area contributed by atoms with E-state index >= 15 is 0 Å². The molecule has 0 atom stereocenters. The SMILES string of the molecule is CCCNCc1cccc(OCCC)c1. The number of benzene rings is 1. The van der Waals surface area contributed by atoms with Gasteiger partial charge < -0.3 is 10.1 Å². The number of hydrogen-bond acceptors (Lipinski definition) is 2. The summed E-state index contributed by atoms with van der Waals surface area (Å²) in [5, 5.41) is 3.38. The molecule has 0 unspecified atom stereocenters. The second-order valence-electron chi connectivity index (χ2n) is 3.67. The first-order valence-electron chi connectivity index (χ1n) is 5.79. The predicted molar refractivity (Wildman–Crippen MR) is 64.2 cm³/mol. The van der Waals surface area contributed by atoms with Gasteiger partial charge in [0.15, 0.2) is 0 Å². The first kappa shape index (κ1) is 12.1. The van der Waals surface area contributed by atoms with Crippen LogP contribution in [0.5, 0.6) is 5.75 Å². The average molecular weight is 207 g/mol. The van der Waals surface area contributed by atoms with E-state index in [1.807, 2.05) is 12.1 Å². The summed E-state index contributed by atoms with van der Waals surface area (Å²) in [5.41, 5.74) is 1.29. The van der Waals surface area contributed by atoms with Crippen LogP contribution in [0.4, 0.5) is 0 Å². The molecule has 0 aromatic heterocycles. The third-order valence-electron chi connectivity index (χ3n) is 2.13. The van der Waals surface area contributed by atoms with Crippen molar-refractivity contribution < 1.29 is 4.74 Å². The molecule has 0 bridgehead atoms. The molecular formula is C13H21NO. The number of nitrogens with one attached hydrogen (secondary N) is 1. The molecule has 0 aliphatic rings. The highest BCUT2D eigenvalue weighted by molar-refractivity contribution is 5.28. The standard InChI is InChI=1S/C13H21NO/c1-3-8-14-11-12-6-5-7-13(10-12)15-9-4-2/h5-7,10,14H,3-4,8-9,11H2,1-2H3. The topological polar surface area (TPSA) is 21.3 Å². The van der Waals surface area contributed by atoms with E-state index in [-0.39, 0.29) is 0 Å². The minimum Gasteiger partial charge on any atom is -0.494 e. The van der Waals surface area contributed by atoms with Crippen LogP contribution in [0.2, 0.25) is 0 Å². The maximum Gasteiger partial charge on any atom is 0.119 e. The molecule has 84 valence electrons. The lowest BCUT2D eigenvalue weighted by Crippen LogP contribution is -2.13. The van der Waals surface area contributed by atoms with Crippen molar-refractivity contribution >= 4 is 0 Å². The molecule has 1 aromatic rings. The van der Waals surface area contributed by atoms with Crippen molar-refractivity contribution in [2.45, 2.75) is 33.2 Å². The molecule has 0 aliphatic heterocycles. The molecule has 0 aliphatic carbocycles. The molecule has 1 N–H and O–H groups in total. The molecule has 0 saturated heterocycles. The monoisotopic (exact) mass is 207 g/mol. The lowest BCUT2D eigenvalue weighted by Gasteiger charge is -2.07. The van der Waals surface area contributed by atoms with E-state index in [1.165, 1.54) is 12.0 Å². The third kappa shape index (κ3) is 4.84. The Labute approximate surface area is 92.6 Å². The summed E-state index contributed by atoms with van der Waals surface area (Å²) >= 11 is 0. The largest absolute Gasteiger partial charge is 0.494 e. The van der Waals surface area contributed by atoms with Crippen LogP contribution in [0, 0.1) is 0 Å². The van der Waals surface area contributed by atoms with Gasteiger partial charge in [-0.1, -0.05) is 26.0 Å². The summed E-state index contributed by atoms with van der Waals surface area (Å²) in [6, 6.07) is 8.30. The summed E-state index contributed by atoms with van der Waals surface area (Å²) in [7, 11) is 0. The Morgan fingerprint density at radius 1 is 1.20 bits per heavy atom. The fraction of sp³-hybridized carbons (Fsp3) is 0.538. The average Bonchev–Trinajstić information content (AvgIpc) is 2.27. The van der Waals surface area contributed by atoms with Gasteiger partial charge in [0.2, 0.25) is 0 Å². The summed E-state index contributed by atoms with van der Waals surface area (Å²) in [5.74, 6) is 0.979. The maximum atomic E-state index is 5.57. The van der Waals surface area contributed by atoms with Crippen LogP contribution in [0.25, 0.3) is 0 Å². The third-order valence-corrected chi connectivity index (χ3v) is 2.13. The van der Waals surface area contributed by atoms with Crippen LogP contribution < -0.4 is 10.1 Å². The normalized spacial score (nSPS) is 10.3. The zero-order chi connectivity index (χ0) is 10.9. The van der Waals surface area contributed by atoms with Crippen molar-refractivity contribution in [2.24, 2.45) is 0 Å². The molecule has 0 radical (unpaired) electrons. The van der Waals surface area contributed by atoms with Crippen molar-refractivity contribution in [1.82, 2.24) is 5.32 Å². The quantitative estimate of drug-likeness (QED) is 0.694. The van der Waals surface area contributed by atoms with Gasteiger partial charge in [0, 0.05) is 6.54 Å². The van der Waals surface area contributed by atoms with Crippen molar-refractivity contribution in [1.29, 1.82) is 0 Å². The van der Waals surface area contributed by atoms with E-state index in [0.29, 0.717) is 0 Å². The Morgan fingerprint density at radius 3 is 2.80 bits per heavy atom. The zero-order valence-electron chi connectivity index (χ0n) is 9.75. The van der Waals surface area contributed by atoms with Gasteiger partial charge in [-0.25, -0.2) is 0 Å². The van der Waals surface area contributed by atoms with Crippen molar-refractivity contribution in [3.05, 3.63) is 29.8 Å². The van der Waals surface area contributed by atoms with Gasteiger partial charge in [0.1, 0.15) is 5.75 Å². The van der Waals surface area contributed by atoms with Crippen LogP contribution in [0.3, 0.4) is 0 Å². The van der Waals surface area contributed by atoms with E-state index in [4.69, 9.17) is 4.74 Å². The second kappa shape index (κ2) is 7.30. The predicted octanol–water partition coefficient (Wildman–Crippen LogP) is 2.98. The van der Waals surface area contributed by atoms with E-state index in [9.17, 15) is 0 Å². The fourth-order valence-corrected chi connectivity index (χ4v) is 1.37. The van der Waals surface area contributed by atoms with E-state index in [1.54, 1.807) is 0 Å². The second-order valence-corrected chi connectivity index (χ2v) is 3.67. The van der Waals surface area contributed by atoms with Crippen LogP contribution in [0.15, 0.2) is 24.3 Å². The Balaban J connectivity index is 2.42. The van der Waals surface area contributed by atoms with Crippen molar-refractivity contribution in [3.8, 4) is 5.75 Å². The molecule has 0 fully saturated rings. The molecule has 0 spiro atoms. The lowest BCUT2D eigenvalue weighted by molar-refractivity contribution is 0.317. The van der Waals surface area contributed by atoms with Crippen molar-refractivity contribution in [3.63, 3.8) is 0 Å². The highest BCUT2D eigenvalue weighted by Crippen LogP contribution is 2.13. The van der Waals surface area contributed by atoms with Gasteiger partial charge in [-0.15, -0.1) is 0 Å². The minimum atomic E-state index is 0.797. The van der Waals surface area contributed by atoms with E-state index < -0.39 is 0 Å². The summed E-state index contributed by atoms with van der Waals surface area (Å²) in [6.07, 6.45) is 2.23. The van der Waals surface area contributed by atoms with Crippen molar-refractivity contribution in [2.75, 3.05) is 13.2 Å². The fourth-order valence-electron chi connectivity index (χ4n) is 1.37. The van der Waals surface area contributed by atoms with Crippen LogP contribution in [-0.4, -0.2) is 13.2 Å². The maximum absolute atomic E-state index is 5.57. The number of rotatable bonds is 7. The van der Waals surface area contributed by atoms with E-state index in [2.05, 4.69) is 31.3 Å². The van der Waals surface area contributed by atoms with Gasteiger partial charge in [0.25, 0.3) is 0 Å². The smallest absolute Gasteiger partial charge is 0.119 e. The summed E-state index contributed by atoms with van der Waals surface area (Å²) in [4.78, 5) is 0. The molecule has 2 heteroatoms. The van der Waals surface area contributed by atoms with E-state index in [0.717, 1.165) is 31.9 Å².